The predicted molar refractivity (Wildman–Crippen MR) is 102 cm³/mol. The number of nitrogens with zero attached hydrogens (tertiary/aromatic N) is 2. The van der Waals surface area contributed by atoms with Gasteiger partial charge in [0.1, 0.15) is 5.75 Å². The number of benzene rings is 2. The van der Waals surface area contributed by atoms with Crippen LogP contribution in [0.25, 0.3) is 0 Å². The number of nitro groups is 1. The van der Waals surface area contributed by atoms with E-state index in [1.165, 1.54) is 6.07 Å². The van der Waals surface area contributed by atoms with E-state index in [0.29, 0.717) is 5.69 Å². The van der Waals surface area contributed by atoms with Crippen molar-refractivity contribution in [3.63, 3.8) is 0 Å². The van der Waals surface area contributed by atoms with Crippen molar-refractivity contribution in [1.82, 2.24) is 0 Å². The maximum Gasteiger partial charge on any atom is 0.273 e. The molecule has 0 bridgehead atoms. The summed E-state index contributed by atoms with van der Waals surface area (Å²) in [5.74, 6) is 0.271. The number of fused-ring (bicyclic) bond motifs is 3. The largest absolute Gasteiger partial charge is 0.506 e. The second kappa shape index (κ2) is 6.05. The summed E-state index contributed by atoms with van der Waals surface area (Å²) in [6.07, 6.45) is 5.14. The predicted octanol–water partition coefficient (Wildman–Crippen LogP) is 4.19. The second-order valence-electron chi connectivity index (χ2n) is 7.15. The van der Waals surface area contributed by atoms with Crippen molar-refractivity contribution in [3.05, 3.63) is 69.8 Å². The number of allylic oxidation sites excluding steroid dienone is 2. The first kappa shape index (κ1) is 16.4. The molecule has 1 heterocycles. The van der Waals surface area contributed by atoms with Crippen LogP contribution in [0.3, 0.4) is 0 Å². The normalized spacial score (nSPS) is 23.1. The highest BCUT2D eigenvalue weighted by molar-refractivity contribution is 5.70. The van der Waals surface area contributed by atoms with Gasteiger partial charge in [-0.2, -0.15) is 0 Å². The Kier molecular flexibility index (Phi) is 3.83. The van der Waals surface area contributed by atoms with Gasteiger partial charge in [-0.15, -0.1) is 0 Å². The fourth-order valence-corrected chi connectivity index (χ4v) is 4.08. The number of hydrogen-bond donors (Lipinski definition) is 2. The van der Waals surface area contributed by atoms with E-state index in [9.17, 15) is 15.2 Å². The number of rotatable bonds is 3. The summed E-state index contributed by atoms with van der Waals surface area (Å²) in [5, 5.41) is 25.0. The molecule has 6 heteroatoms. The molecule has 2 aliphatic rings. The van der Waals surface area contributed by atoms with Crippen LogP contribution < -0.4 is 10.2 Å². The molecule has 2 aromatic carbocycles. The molecule has 0 fully saturated rings. The van der Waals surface area contributed by atoms with Crippen LogP contribution in [0.4, 0.5) is 17.1 Å². The first-order valence-corrected chi connectivity index (χ1v) is 8.67. The third-order valence-electron chi connectivity index (χ3n) is 5.41. The Hall–Kier alpha value is -3.02. The van der Waals surface area contributed by atoms with E-state index in [2.05, 4.69) is 46.6 Å². The van der Waals surface area contributed by atoms with E-state index in [1.807, 2.05) is 14.1 Å². The van der Waals surface area contributed by atoms with Crippen LogP contribution >= 0.6 is 0 Å². The quantitative estimate of drug-likeness (QED) is 0.375. The molecule has 1 aliphatic heterocycles. The number of hydrogen-bond acceptors (Lipinski definition) is 5. The zero-order valence-corrected chi connectivity index (χ0v) is 14.7. The Bertz CT molecular complexity index is 890. The van der Waals surface area contributed by atoms with Gasteiger partial charge < -0.3 is 15.3 Å². The number of phenols is 1. The van der Waals surface area contributed by atoms with E-state index in [1.54, 1.807) is 6.07 Å². The number of nitro benzene ring substituents is 1. The van der Waals surface area contributed by atoms with Crippen molar-refractivity contribution in [2.45, 2.75) is 18.4 Å². The lowest BCUT2D eigenvalue weighted by molar-refractivity contribution is -0.385. The summed E-state index contributed by atoms with van der Waals surface area (Å²) in [6.45, 7) is 0. The molecule has 134 valence electrons. The molecule has 0 amide bonds. The number of anilines is 2. The van der Waals surface area contributed by atoms with Gasteiger partial charge in [0.15, 0.2) is 0 Å². The van der Waals surface area contributed by atoms with Gasteiger partial charge in [-0.3, -0.25) is 10.1 Å². The molecule has 26 heavy (non-hydrogen) atoms. The SMILES string of the molecule is CN(C)c1ccc(C2Nc3c(O)cc([N+](=O)[O-])cc3C3C=CCC32)cc1. The molecule has 1 aliphatic carbocycles. The molecule has 2 N–H and O–H groups in total. The number of phenolic OH excluding ortho intramolecular Hbond substituents is 1. The Morgan fingerprint density at radius 1 is 1.23 bits per heavy atom. The summed E-state index contributed by atoms with van der Waals surface area (Å²) in [4.78, 5) is 12.8. The Balaban J connectivity index is 1.76. The minimum atomic E-state index is -0.459. The Morgan fingerprint density at radius 3 is 2.62 bits per heavy atom. The van der Waals surface area contributed by atoms with E-state index >= 15 is 0 Å². The van der Waals surface area contributed by atoms with Gasteiger partial charge in [0.2, 0.25) is 0 Å². The number of nitrogens with one attached hydrogen (secondary N) is 1. The van der Waals surface area contributed by atoms with Crippen molar-refractivity contribution in [2.75, 3.05) is 24.3 Å². The van der Waals surface area contributed by atoms with Crippen LogP contribution in [-0.4, -0.2) is 24.1 Å². The van der Waals surface area contributed by atoms with Crippen LogP contribution in [0.2, 0.25) is 0 Å². The molecular formula is C20H21N3O3. The van der Waals surface area contributed by atoms with Crippen LogP contribution in [0.5, 0.6) is 5.75 Å². The van der Waals surface area contributed by atoms with Crippen LogP contribution in [-0.2, 0) is 0 Å². The molecular weight excluding hydrogens is 330 g/mol. The fourth-order valence-electron chi connectivity index (χ4n) is 4.08. The monoisotopic (exact) mass is 351 g/mol. The lowest BCUT2D eigenvalue weighted by Crippen LogP contribution is -2.29. The molecule has 3 atom stereocenters. The summed E-state index contributed by atoms with van der Waals surface area (Å²) >= 11 is 0. The zero-order chi connectivity index (χ0) is 18.4. The summed E-state index contributed by atoms with van der Waals surface area (Å²) in [5.41, 5.74) is 3.61. The van der Waals surface area contributed by atoms with Gasteiger partial charge >= 0.3 is 0 Å². The van der Waals surface area contributed by atoms with E-state index < -0.39 is 4.92 Å². The van der Waals surface area contributed by atoms with Crippen molar-refractivity contribution in [1.29, 1.82) is 0 Å². The van der Waals surface area contributed by atoms with Gasteiger partial charge in [-0.05, 0) is 35.6 Å². The average molecular weight is 351 g/mol. The van der Waals surface area contributed by atoms with Crippen LogP contribution in [0.15, 0.2) is 48.6 Å². The number of aromatic hydroxyl groups is 1. The molecule has 3 unspecified atom stereocenters. The molecule has 0 saturated carbocycles. The van der Waals surface area contributed by atoms with Crippen LogP contribution in [0, 0.1) is 16.0 Å². The van der Waals surface area contributed by atoms with Crippen molar-refractivity contribution >= 4 is 17.1 Å². The van der Waals surface area contributed by atoms with E-state index in [-0.39, 0.29) is 29.3 Å². The Labute approximate surface area is 151 Å². The molecule has 0 spiro atoms. The first-order valence-electron chi connectivity index (χ1n) is 8.67. The number of non-ortho nitro benzene ring substituents is 1. The molecule has 0 aromatic heterocycles. The first-order chi connectivity index (χ1) is 12.5. The summed E-state index contributed by atoms with van der Waals surface area (Å²) in [7, 11) is 4.01. The molecule has 0 saturated heterocycles. The third-order valence-corrected chi connectivity index (χ3v) is 5.41. The van der Waals surface area contributed by atoms with Crippen molar-refractivity contribution in [2.24, 2.45) is 5.92 Å². The van der Waals surface area contributed by atoms with E-state index in [0.717, 1.165) is 23.2 Å². The maximum atomic E-state index is 11.2. The third kappa shape index (κ3) is 2.58. The second-order valence-corrected chi connectivity index (χ2v) is 7.15. The van der Waals surface area contributed by atoms with Gasteiger partial charge in [-0.25, -0.2) is 0 Å². The lowest BCUT2D eigenvalue weighted by Gasteiger charge is -2.37. The molecule has 4 rings (SSSR count). The highest BCUT2D eigenvalue weighted by Gasteiger charge is 2.39. The van der Waals surface area contributed by atoms with Crippen molar-refractivity contribution in [3.8, 4) is 5.75 Å². The minimum absolute atomic E-state index is 0.0473. The topological polar surface area (TPSA) is 78.6 Å². The van der Waals surface area contributed by atoms with Gasteiger partial charge in [0, 0.05) is 31.8 Å². The van der Waals surface area contributed by atoms with Crippen molar-refractivity contribution < 1.29 is 10.0 Å². The highest BCUT2D eigenvalue weighted by atomic mass is 16.6. The van der Waals surface area contributed by atoms with Gasteiger partial charge in [0.25, 0.3) is 5.69 Å². The van der Waals surface area contributed by atoms with Gasteiger partial charge in [0.05, 0.1) is 22.7 Å². The molecule has 0 radical (unpaired) electrons. The maximum absolute atomic E-state index is 11.2. The highest BCUT2D eigenvalue weighted by Crippen LogP contribution is 2.53. The summed E-state index contributed by atoms with van der Waals surface area (Å²) < 4.78 is 0. The minimum Gasteiger partial charge on any atom is -0.506 e. The molecule has 6 nitrogen and oxygen atoms in total. The summed E-state index contributed by atoms with van der Waals surface area (Å²) in [6, 6.07) is 11.2. The van der Waals surface area contributed by atoms with E-state index in [4.69, 9.17) is 0 Å². The van der Waals surface area contributed by atoms with Gasteiger partial charge in [-0.1, -0.05) is 24.3 Å². The smallest absolute Gasteiger partial charge is 0.273 e. The standard InChI is InChI=1S/C20H21N3O3/c1-22(2)13-8-6-12(7-9-13)19-16-5-3-4-15(16)17-10-14(23(25)26)11-18(24)20(17)21-19/h3-4,6-11,15-16,19,21,24H,5H2,1-2H3. The average Bonchev–Trinajstić information content (AvgIpc) is 3.11. The van der Waals surface area contributed by atoms with Crippen LogP contribution in [0.1, 0.15) is 29.5 Å². The molecule has 2 aromatic rings. The zero-order valence-electron chi connectivity index (χ0n) is 14.7. The fraction of sp³-hybridized carbons (Fsp3) is 0.300. The Morgan fingerprint density at radius 2 is 1.96 bits per heavy atom. The lowest BCUT2D eigenvalue weighted by atomic mass is 9.76.